The van der Waals surface area contributed by atoms with Gasteiger partial charge in [-0.1, -0.05) is 0 Å². The van der Waals surface area contributed by atoms with Gasteiger partial charge in [0.05, 0.1) is 20.8 Å². The van der Waals surface area contributed by atoms with E-state index in [-0.39, 0.29) is 11.2 Å². The summed E-state index contributed by atoms with van der Waals surface area (Å²) < 4.78 is 49.8. The van der Waals surface area contributed by atoms with Crippen molar-refractivity contribution < 1.29 is 61.4 Å². The molecule has 3 heterocycles. The quantitative estimate of drug-likeness (QED) is 0.236. The third kappa shape index (κ3) is 5.67. The number of hydrogen-bond donors (Lipinski definition) is 4. The number of nitrogens with zero attached hydrogens (tertiary/aromatic N) is 2. The number of H-pyrrole nitrogens is 2. The summed E-state index contributed by atoms with van der Waals surface area (Å²) in [5, 5.41) is 20.3. The number of fused-ring (bicyclic) bond motifs is 1. The Morgan fingerprint density at radius 1 is 1.06 bits per heavy atom. The fraction of sp³-hybridized carbons (Fsp3) is 0.500. The lowest BCUT2D eigenvalue weighted by molar-refractivity contribution is -0.339. The molecule has 3 rings (SSSR count). The van der Waals surface area contributed by atoms with Gasteiger partial charge in [-0.05, 0) is 0 Å². The summed E-state index contributed by atoms with van der Waals surface area (Å²) in [6.45, 7) is -1.16. The molecular weight excluding hydrogens is 509 g/mol. The van der Waals surface area contributed by atoms with Crippen molar-refractivity contribution >= 4 is 34.6 Å². The summed E-state index contributed by atoms with van der Waals surface area (Å²) in [6.07, 6.45) is -5.82. The van der Waals surface area contributed by atoms with Gasteiger partial charge in [-0.3, -0.25) is 32.8 Å². The second kappa shape index (κ2) is 8.66. The molecule has 4 N–H and O–H groups in total. The number of hydrogen-bond acceptors (Lipinski definition) is 16. The highest BCUT2D eigenvalue weighted by molar-refractivity contribution is 7.64. The van der Waals surface area contributed by atoms with Crippen LogP contribution in [-0.4, -0.2) is 54.7 Å². The van der Waals surface area contributed by atoms with E-state index in [0.717, 1.165) is 10.9 Å². The van der Waals surface area contributed by atoms with Crippen LogP contribution in [-0.2, 0) is 31.6 Å². The Labute approximate surface area is 174 Å². The van der Waals surface area contributed by atoms with Crippen molar-refractivity contribution in [3.8, 4) is 0 Å². The molecule has 0 radical (unpaired) electrons. The lowest BCUT2D eigenvalue weighted by atomic mass is 10.1. The molecule has 32 heavy (non-hydrogen) atoms. The molecule has 0 bridgehead atoms. The van der Waals surface area contributed by atoms with Crippen LogP contribution < -0.4 is 30.8 Å². The van der Waals surface area contributed by atoms with E-state index in [4.69, 9.17) is 4.74 Å². The molecule has 1 aliphatic rings. The molecule has 6 unspecified atom stereocenters. The van der Waals surface area contributed by atoms with Gasteiger partial charge in [0.1, 0.15) is 24.0 Å². The Hall–Kier alpha value is -1.56. The van der Waals surface area contributed by atoms with Gasteiger partial charge < -0.3 is 43.6 Å². The van der Waals surface area contributed by atoms with Gasteiger partial charge in [-0.25, -0.2) is 14.1 Å². The Balaban J connectivity index is 1.73. The van der Waals surface area contributed by atoms with Crippen LogP contribution in [0.15, 0.2) is 15.9 Å². The van der Waals surface area contributed by atoms with Gasteiger partial charge in [-0.15, -0.1) is 0 Å². The highest BCUT2D eigenvalue weighted by Gasteiger charge is 2.45. The van der Waals surface area contributed by atoms with Crippen molar-refractivity contribution in [3.05, 3.63) is 27.2 Å². The molecule has 22 heteroatoms. The molecule has 2 aromatic heterocycles. The minimum absolute atomic E-state index is 0.210. The minimum Gasteiger partial charge on any atom is -0.790 e. The predicted octanol–water partition coefficient (Wildman–Crippen LogP) is -5.15. The van der Waals surface area contributed by atoms with E-state index in [1.54, 1.807) is 0 Å². The van der Waals surface area contributed by atoms with Gasteiger partial charge >= 0.3 is 5.69 Å². The first-order valence-electron chi connectivity index (χ1n) is 8.01. The second-order valence-corrected chi connectivity index (χ2v) is 10.4. The normalized spacial score (nSPS) is 27.9. The van der Waals surface area contributed by atoms with E-state index in [1.807, 2.05) is 4.98 Å². The van der Waals surface area contributed by atoms with Crippen molar-refractivity contribution in [1.29, 1.82) is 0 Å². The molecule has 0 amide bonds. The third-order valence-corrected chi connectivity index (χ3v) is 7.54. The Morgan fingerprint density at radius 3 is 2.34 bits per heavy atom. The van der Waals surface area contributed by atoms with Crippen molar-refractivity contribution in [2.75, 3.05) is 6.61 Å². The molecule has 19 nitrogen and oxygen atoms in total. The number of aromatic nitrogens is 4. The van der Waals surface area contributed by atoms with E-state index in [0.29, 0.717) is 0 Å². The maximum absolute atomic E-state index is 11.7. The summed E-state index contributed by atoms with van der Waals surface area (Å²) >= 11 is 0. The molecule has 180 valence electrons. The van der Waals surface area contributed by atoms with Crippen molar-refractivity contribution in [1.82, 2.24) is 19.5 Å². The summed E-state index contributed by atoms with van der Waals surface area (Å²) in [5.74, 6) is 0. The number of aliphatic hydroxyl groups excluding tert-OH is 2. The SMILES string of the molecule is O=c1[nH]c(=O)c2ncn(C3OC(COP(=O)([O-])OP(=O)([O-])OP(=O)([O-])[O-])C(O)C3O)c2[nH]1. The smallest absolute Gasteiger partial charge is 0.327 e. The standard InChI is InChI=1S/C10H15N4O15P3/c15-5-3(1-26-31(22,23)29-32(24,25)28-30(19,20)21)27-9(6(5)16)14-2-11-4-7(14)12-10(18)13-8(4)17/h2-3,5-6,9,15-16H,1H2,(H,22,23)(H,24,25)(H2,19,20,21)(H2,12,13,17,18)/p-4. The molecule has 1 fully saturated rings. The van der Waals surface area contributed by atoms with Crippen LogP contribution >= 0.6 is 23.5 Å². The molecule has 2 aromatic rings. The molecule has 6 atom stereocenters. The van der Waals surface area contributed by atoms with E-state index < -0.39 is 65.9 Å². The van der Waals surface area contributed by atoms with Crippen molar-refractivity contribution in [3.63, 3.8) is 0 Å². The summed E-state index contributed by atoms with van der Waals surface area (Å²) in [4.78, 5) is 74.4. The fourth-order valence-electron chi connectivity index (χ4n) is 2.69. The largest absolute Gasteiger partial charge is 0.790 e. The molecule has 0 aromatic carbocycles. The first-order chi connectivity index (χ1) is 14.6. The van der Waals surface area contributed by atoms with Crippen molar-refractivity contribution in [2.45, 2.75) is 24.5 Å². The molecule has 0 aliphatic carbocycles. The van der Waals surface area contributed by atoms with Crippen LogP contribution in [0.4, 0.5) is 0 Å². The zero-order valence-corrected chi connectivity index (χ0v) is 17.7. The monoisotopic (exact) mass is 520 g/mol. The number of phosphoric acid groups is 3. The summed E-state index contributed by atoms with van der Waals surface area (Å²) in [7, 11) is -18.2. The zero-order valence-electron chi connectivity index (χ0n) is 15.0. The van der Waals surface area contributed by atoms with E-state index in [2.05, 4.69) is 23.1 Å². The number of aromatic amines is 2. The molecule has 0 spiro atoms. The highest BCUT2D eigenvalue weighted by atomic mass is 31.3. The predicted molar refractivity (Wildman–Crippen MR) is 87.8 cm³/mol. The lowest BCUT2D eigenvalue weighted by Crippen LogP contribution is -2.34. The molecular formula is C10H11N4O15P3-4. The highest BCUT2D eigenvalue weighted by Crippen LogP contribution is 2.60. The molecule has 1 aliphatic heterocycles. The number of nitrogens with one attached hydrogen (secondary N) is 2. The van der Waals surface area contributed by atoms with Crippen LogP contribution in [0.25, 0.3) is 11.2 Å². The Bertz CT molecular complexity index is 1260. The lowest BCUT2D eigenvalue weighted by Gasteiger charge is -2.37. The fourth-order valence-corrected chi connectivity index (χ4v) is 5.56. The average molecular weight is 520 g/mol. The summed E-state index contributed by atoms with van der Waals surface area (Å²) in [6, 6.07) is 0. The third-order valence-electron chi connectivity index (χ3n) is 3.88. The number of rotatable bonds is 8. The van der Waals surface area contributed by atoms with Crippen molar-refractivity contribution in [2.24, 2.45) is 0 Å². The van der Waals surface area contributed by atoms with Gasteiger partial charge in [0, 0.05) is 0 Å². The number of aliphatic hydroxyl groups is 2. The first kappa shape index (κ1) is 25.1. The van der Waals surface area contributed by atoms with Crippen LogP contribution in [0.2, 0.25) is 0 Å². The van der Waals surface area contributed by atoms with Crippen LogP contribution in [0.3, 0.4) is 0 Å². The number of imidazole rings is 1. The van der Waals surface area contributed by atoms with E-state index in [1.165, 1.54) is 0 Å². The van der Waals surface area contributed by atoms with Crippen LogP contribution in [0.5, 0.6) is 0 Å². The van der Waals surface area contributed by atoms with Gasteiger partial charge in [0.2, 0.25) is 0 Å². The van der Waals surface area contributed by atoms with Gasteiger partial charge in [0.25, 0.3) is 21.2 Å². The average Bonchev–Trinajstić information content (AvgIpc) is 3.12. The zero-order chi connectivity index (χ0) is 24.1. The van der Waals surface area contributed by atoms with E-state index in [9.17, 15) is 53.1 Å². The molecule has 1 saturated heterocycles. The van der Waals surface area contributed by atoms with Crippen LogP contribution in [0.1, 0.15) is 6.23 Å². The minimum atomic E-state index is -6.18. The summed E-state index contributed by atoms with van der Waals surface area (Å²) in [5.41, 5.74) is -2.26. The Morgan fingerprint density at radius 2 is 1.72 bits per heavy atom. The maximum Gasteiger partial charge on any atom is 0.327 e. The number of ether oxygens (including phenoxy) is 1. The topological polar surface area (TPSA) is 304 Å². The number of phosphoric ester groups is 1. The van der Waals surface area contributed by atoms with Gasteiger partial charge in [0.15, 0.2) is 11.7 Å². The van der Waals surface area contributed by atoms with Gasteiger partial charge in [-0.2, -0.15) is 0 Å². The van der Waals surface area contributed by atoms with E-state index >= 15 is 0 Å². The maximum atomic E-state index is 11.7. The van der Waals surface area contributed by atoms with Crippen LogP contribution in [0, 0.1) is 0 Å². The Kier molecular flexibility index (Phi) is 6.78. The second-order valence-electron chi connectivity index (χ2n) is 6.10. The molecule has 0 saturated carbocycles. The first-order valence-corrected chi connectivity index (χ1v) is 12.4.